The van der Waals surface area contributed by atoms with Crippen LogP contribution in [0.15, 0.2) is 10.8 Å². The van der Waals surface area contributed by atoms with Gasteiger partial charge in [0.15, 0.2) is 0 Å². The first-order chi connectivity index (χ1) is 8.27. The molecule has 1 aromatic heterocycles. The van der Waals surface area contributed by atoms with Crippen molar-refractivity contribution in [1.82, 2.24) is 5.32 Å². The minimum atomic E-state index is 0.263. The van der Waals surface area contributed by atoms with Crippen molar-refractivity contribution >= 4 is 11.3 Å². The van der Waals surface area contributed by atoms with Gasteiger partial charge in [0, 0.05) is 19.2 Å². The van der Waals surface area contributed by atoms with Gasteiger partial charge in [-0.3, -0.25) is 0 Å². The topological polar surface area (TPSA) is 21.3 Å². The first-order valence-electron chi connectivity index (χ1n) is 6.66. The third kappa shape index (κ3) is 2.42. The Morgan fingerprint density at radius 3 is 3.00 bits per heavy atom. The van der Waals surface area contributed by atoms with Crippen LogP contribution < -0.4 is 5.32 Å². The highest BCUT2D eigenvalue weighted by molar-refractivity contribution is 7.08. The summed E-state index contributed by atoms with van der Waals surface area (Å²) in [7, 11) is 0. The van der Waals surface area contributed by atoms with Gasteiger partial charge in [0.1, 0.15) is 0 Å². The summed E-state index contributed by atoms with van der Waals surface area (Å²) in [5.41, 5.74) is 3.15. The van der Waals surface area contributed by atoms with E-state index in [4.69, 9.17) is 4.74 Å². The summed E-state index contributed by atoms with van der Waals surface area (Å²) in [6, 6.07) is 0.656. The van der Waals surface area contributed by atoms with Crippen LogP contribution in [0.1, 0.15) is 43.2 Å². The maximum Gasteiger partial charge on any atom is 0.0697 e. The molecule has 3 rings (SSSR count). The van der Waals surface area contributed by atoms with Gasteiger partial charge in [-0.15, -0.1) is 0 Å². The normalized spacial score (nSPS) is 27.0. The maximum absolute atomic E-state index is 5.95. The van der Waals surface area contributed by atoms with E-state index in [1.54, 1.807) is 11.3 Å². The first kappa shape index (κ1) is 11.7. The lowest BCUT2D eigenvalue weighted by molar-refractivity contribution is -0.135. The van der Waals surface area contributed by atoms with Gasteiger partial charge in [0.2, 0.25) is 0 Å². The third-order valence-electron chi connectivity index (χ3n) is 4.30. The van der Waals surface area contributed by atoms with Crippen molar-refractivity contribution in [3.63, 3.8) is 0 Å². The Morgan fingerprint density at radius 2 is 2.35 bits per heavy atom. The van der Waals surface area contributed by atoms with E-state index in [2.05, 4.69) is 23.0 Å². The summed E-state index contributed by atoms with van der Waals surface area (Å²) < 4.78 is 5.95. The van der Waals surface area contributed by atoms with Crippen molar-refractivity contribution in [1.29, 1.82) is 0 Å². The minimum Gasteiger partial charge on any atom is -0.375 e. The van der Waals surface area contributed by atoms with Gasteiger partial charge < -0.3 is 10.1 Å². The molecule has 1 N–H and O–H groups in total. The van der Waals surface area contributed by atoms with E-state index < -0.39 is 0 Å². The number of nitrogens with one attached hydrogen (secondary N) is 1. The first-order valence-corrected chi connectivity index (χ1v) is 7.61. The lowest BCUT2D eigenvalue weighted by atomic mass is 9.74. The molecule has 1 saturated heterocycles. The van der Waals surface area contributed by atoms with E-state index in [1.807, 2.05) is 0 Å². The zero-order valence-corrected chi connectivity index (χ0v) is 11.3. The van der Waals surface area contributed by atoms with Crippen LogP contribution in [-0.2, 0) is 11.3 Å². The highest BCUT2D eigenvalue weighted by atomic mass is 32.1. The van der Waals surface area contributed by atoms with Crippen molar-refractivity contribution < 1.29 is 4.74 Å². The Balaban J connectivity index is 1.53. The number of rotatable bonds is 3. The monoisotopic (exact) mass is 251 g/mol. The van der Waals surface area contributed by atoms with Crippen LogP contribution in [0.25, 0.3) is 0 Å². The number of hydrogen-bond acceptors (Lipinski definition) is 3. The van der Waals surface area contributed by atoms with E-state index in [0.717, 1.165) is 13.2 Å². The summed E-state index contributed by atoms with van der Waals surface area (Å²) in [5.74, 6) is 0. The number of aryl methyl sites for hydroxylation is 1. The van der Waals surface area contributed by atoms with Gasteiger partial charge in [-0.05, 0) is 60.9 Å². The SMILES string of the molecule is Cc1cscc1CNC1CCOC2(CCC2)C1. The summed E-state index contributed by atoms with van der Waals surface area (Å²) in [6.45, 7) is 4.17. The molecule has 1 atom stereocenters. The summed E-state index contributed by atoms with van der Waals surface area (Å²) in [5, 5.41) is 8.21. The van der Waals surface area contributed by atoms with Crippen LogP contribution in [0.3, 0.4) is 0 Å². The highest BCUT2D eigenvalue weighted by Crippen LogP contribution is 2.42. The second-order valence-electron chi connectivity index (χ2n) is 5.54. The van der Waals surface area contributed by atoms with Gasteiger partial charge in [0.05, 0.1) is 5.60 Å². The van der Waals surface area contributed by atoms with E-state index in [1.165, 1.54) is 43.2 Å². The number of hydrogen-bond donors (Lipinski definition) is 1. The average Bonchev–Trinajstić information content (AvgIpc) is 2.71. The molecule has 1 aliphatic heterocycles. The van der Waals surface area contributed by atoms with Crippen LogP contribution in [-0.4, -0.2) is 18.2 Å². The second-order valence-corrected chi connectivity index (χ2v) is 6.28. The molecule has 1 aromatic rings. The molecule has 2 heterocycles. The largest absolute Gasteiger partial charge is 0.375 e. The van der Waals surface area contributed by atoms with E-state index in [0.29, 0.717) is 6.04 Å². The molecule has 2 aliphatic rings. The van der Waals surface area contributed by atoms with Gasteiger partial charge in [0.25, 0.3) is 0 Å². The van der Waals surface area contributed by atoms with E-state index >= 15 is 0 Å². The molecule has 2 fully saturated rings. The van der Waals surface area contributed by atoms with Crippen LogP contribution in [0.4, 0.5) is 0 Å². The van der Waals surface area contributed by atoms with E-state index in [-0.39, 0.29) is 5.60 Å². The molecule has 0 amide bonds. The fraction of sp³-hybridized carbons (Fsp3) is 0.714. The van der Waals surface area contributed by atoms with Crippen LogP contribution in [0.5, 0.6) is 0 Å². The summed E-state index contributed by atoms with van der Waals surface area (Å²) >= 11 is 1.80. The molecule has 1 saturated carbocycles. The van der Waals surface area contributed by atoms with Gasteiger partial charge in [-0.2, -0.15) is 11.3 Å². The highest BCUT2D eigenvalue weighted by Gasteiger charge is 2.42. The quantitative estimate of drug-likeness (QED) is 0.890. The molecule has 0 radical (unpaired) electrons. The smallest absolute Gasteiger partial charge is 0.0697 e. The van der Waals surface area contributed by atoms with Gasteiger partial charge in [-0.25, -0.2) is 0 Å². The molecule has 2 nitrogen and oxygen atoms in total. The molecule has 1 unspecified atom stereocenters. The fourth-order valence-electron chi connectivity index (χ4n) is 2.94. The predicted molar refractivity (Wildman–Crippen MR) is 71.5 cm³/mol. The zero-order chi connectivity index (χ0) is 11.7. The molecular weight excluding hydrogens is 230 g/mol. The van der Waals surface area contributed by atoms with Crippen molar-refractivity contribution in [3.05, 3.63) is 21.9 Å². The van der Waals surface area contributed by atoms with Crippen LogP contribution in [0.2, 0.25) is 0 Å². The Labute approximate surface area is 107 Å². The van der Waals surface area contributed by atoms with Crippen molar-refractivity contribution in [2.75, 3.05) is 6.61 Å². The Morgan fingerprint density at radius 1 is 1.47 bits per heavy atom. The van der Waals surface area contributed by atoms with Crippen molar-refractivity contribution in [3.8, 4) is 0 Å². The second kappa shape index (κ2) is 4.71. The third-order valence-corrected chi connectivity index (χ3v) is 5.21. The fourth-order valence-corrected chi connectivity index (χ4v) is 3.80. The van der Waals surface area contributed by atoms with Gasteiger partial charge in [-0.1, -0.05) is 0 Å². The zero-order valence-electron chi connectivity index (χ0n) is 10.5. The Kier molecular flexibility index (Phi) is 3.24. The molecule has 1 aliphatic carbocycles. The lowest BCUT2D eigenvalue weighted by Gasteiger charge is -2.47. The summed E-state index contributed by atoms with van der Waals surface area (Å²) in [4.78, 5) is 0. The molecule has 0 bridgehead atoms. The van der Waals surface area contributed by atoms with Crippen LogP contribution in [0, 0.1) is 6.92 Å². The maximum atomic E-state index is 5.95. The van der Waals surface area contributed by atoms with Crippen molar-refractivity contribution in [2.24, 2.45) is 0 Å². The minimum absolute atomic E-state index is 0.263. The predicted octanol–water partition coefficient (Wildman–Crippen LogP) is 3.25. The van der Waals surface area contributed by atoms with Gasteiger partial charge >= 0.3 is 0 Å². The molecule has 0 aromatic carbocycles. The molecule has 94 valence electrons. The number of ether oxygens (including phenoxy) is 1. The lowest BCUT2D eigenvalue weighted by Crippen LogP contribution is -2.50. The van der Waals surface area contributed by atoms with Crippen LogP contribution >= 0.6 is 11.3 Å². The summed E-state index contributed by atoms with van der Waals surface area (Å²) in [6.07, 6.45) is 6.31. The van der Waals surface area contributed by atoms with E-state index in [9.17, 15) is 0 Å². The molecule has 17 heavy (non-hydrogen) atoms. The average molecular weight is 251 g/mol. The Bertz CT molecular complexity index is 383. The van der Waals surface area contributed by atoms with Crippen molar-refractivity contribution in [2.45, 2.75) is 57.2 Å². The Hall–Kier alpha value is -0.380. The molecule has 1 spiro atoms. The standard InChI is InChI=1S/C14H21NOS/c1-11-9-17-10-12(11)8-15-13-3-6-16-14(7-13)4-2-5-14/h9-10,13,15H,2-8H2,1H3. The molecule has 3 heteroatoms. The number of thiophene rings is 1. The molecular formula is C14H21NOS.